The summed E-state index contributed by atoms with van der Waals surface area (Å²) in [7, 11) is 0. The summed E-state index contributed by atoms with van der Waals surface area (Å²) >= 11 is 3.34. The van der Waals surface area contributed by atoms with E-state index in [1.54, 1.807) is 27.6 Å². The fourth-order valence-electron chi connectivity index (χ4n) is 7.81. The van der Waals surface area contributed by atoms with Gasteiger partial charge in [0.2, 0.25) is 17.7 Å². The zero-order valence-electron chi connectivity index (χ0n) is 34.3. The maximum Gasteiger partial charge on any atom is 0.246 e. The molecule has 0 saturated carbocycles. The van der Waals surface area contributed by atoms with Crippen LogP contribution in [-0.4, -0.2) is 66.7 Å². The van der Waals surface area contributed by atoms with Gasteiger partial charge in [-0.2, -0.15) is 0 Å². The topological polar surface area (TPSA) is 134 Å². The van der Waals surface area contributed by atoms with Crippen molar-refractivity contribution in [1.82, 2.24) is 35.3 Å². The van der Waals surface area contributed by atoms with Gasteiger partial charge >= 0.3 is 0 Å². The summed E-state index contributed by atoms with van der Waals surface area (Å²) in [6.07, 6.45) is 2.04. The average molecular weight is 805 g/mol. The first-order valence-electron chi connectivity index (χ1n) is 19.7. The van der Waals surface area contributed by atoms with Gasteiger partial charge in [-0.15, -0.1) is 32.9 Å². The minimum absolute atomic E-state index is 0.168. The van der Waals surface area contributed by atoms with Gasteiger partial charge in [0.25, 0.3) is 0 Å². The lowest BCUT2D eigenvalue weighted by Crippen LogP contribution is -2.57. The summed E-state index contributed by atoms with van der Waals surface area (Å²) in [5, 5.41) is 16.1. The number of nitrogens with zero attached hydrogens (tertiary/aromatic N) is 6. The SMILES string of the molecule is Cc1ncsc1-c1ccc([C@H](C)NC(=O)[C@@H]2CCCN2C(=O)C(NC(=O)CCc2ccc(C3=N[C@@H](C)c4nnc(C)n4-c4sc(C)c(C)c43)cc2)C(C)(C)C)cc1. The largest absolute Gasteiger partial charge is 0.348 e. The molecule has 5 heterocycles. The van der Waals surface area contributed by atoms with Gasteiger partial charge in [-0.05, 0) is 88.5 Å². The number of aliphatic imine (C=N–C) groups is 1. The number of aryl methyl sites for hydroxylation is 4. The first kappa shape index (κ1) is 40.2. The number of hydrogen-bond acceptors (Lipinski definition) is 9. The van der Waals surface area contributed by atoms with Crippen molar-refractivity contribution < 1.29 is 14.4 Å². The number of nitrogens with one attached hydrogen (secondary N) is 2. The monoisotopic (exact) mass is 804 g/mol. The van der Waals surface area contributed by atoms with Crippen molar-refractivity contribution in [1.29, 1.82) is 0 Å². The minimum atomic E-state index is -0.781. The van der Waals surface area contributed by atoms with E-state index in [2.05, 4.69) is 80.6 Å². The quantitative estimate of drug-likeness (QED) is 0.147. The van der Waals surface area contributed by atoms with Gasteiger partial charge in [0.15, 0.2) is 5.82 Å². The van der Waals surface area contributed by atoms with Crippen LogP contribution in [0.2, 0.25) is 0 Å². The van der Waals surface area contributed by atoms with E-state index in [0.29, 0.717) is 19.4 Å². The summed E-state index contributed by atoms with van der Waals surface area (Å²) in [4.78, 5) is 54.9. The molecule has 57 heavy (non-hydrogen) atoms. The second-order valence-electron chi connectivity index (χ2n) is 16.4. The molecule has 1 unspecified atom stereocenters. The van der Waals surface area contributed by atoms with Crippen LogP contribution in [0.5, 0.6) is 0 Å². The summed E-state index contributed by atoms with van der Waals surface area (Å²) in [6.45, 7) is 18.6. The van der Waals surface area contributed by atoms with Crippen LogP contribution in [0.15, 0.2) is 59.0 Å². The molecule has 7 rings (SSSR count). The molecule has 3 aromatic heterocycles. The van der Waals surface area contributed by atoms with Gasteiger partial charge in [-0.3, -0.25) is 23.9 Å². The Morgan fingerprint density at radius 1 is 0.947 bits per heavy atom. The van der Waals surface area contributed by atoms with Crippen LogP contribution < -0.4 is 10.6 Å². The van der Waals surface area contributed by atoms with Crippen molar-refractivity contribution in [3.05, 3.63) is 104 Å². The Kier molecular flexibility index (Phi) is 11.3. The average Bonchev–Trinajstić information content (AvgIpc) is 3.97. The molecule has 2 aromatic carbocycles. The van der Waals surface area contributed by atoms with E-state index < -0.39 is 17.5 Å². The highest BCUT2D eigenvalue weighted by atomic mass is 32.1. The Morgan fingerprint density at radius 3 is 2.32 bits per heavy atom. The number of aromatic nitrogens is 4. The van der Waals surface area contributed by atoms with E-state index in [0.717, 1.165) is 67.2 Å². The standard InChI is InChI=1S/C44H52N8O3S2/c1-24-28(5)57-43-36(24)37(46-27(4)40-50-49-29(6)52(40)43)32-15-12-30(13-16-32)14-21-35(53)48-39(44(7,8)9)42(55)51-22-10-11-34(51)41(54)47-25(2)31-17-19-33(20-18-31)38-26(3)45-23-56-38/h12-13,15-20,23,25,27,34,39H,10-11,14,21-22H2,1-9H3,(H,47,54)(H,48,53)/t25-,27-,34-,39?/m0/s1. The molecule has 2 N–H and O–H groups in total. The van der Waals surface area contributed by atoms with E-state index in [1.807, 2.05) is 66.1 Å². The molecule has 5 aromatic rings. The highest BCUT2D eigenvalue weighted by molar-refractivity contribution is 7.15. The minimum Gasteiger partial charge on any atom is -0.348 e. The van der Waals surface area contributed by atoms with E-state index in [-0.39, 0.29) is 36.2 Å². The van der Waals surface area contributed by atoms with Crippen LogP contribution in [-0.2, 0) is 20.8 Å². The molecule has 0 aliphatic carbocycles. The van der Waals surface area contributed by atoms with Gasteiger partial charge in [-0.25, -0.2) is 4.98 Å². The zero-order valence-corrected chi connectivity index (χ0v) is 35.9. The van der Waals surface area contributed by atoms with Crippen LogP contribution in [0.3, 0.4) is 0 Å². The molecular formula is C44H52N8O3S2. The molecule has 13 heteroatoms. The number of rotatable bonds is 10. The van der Waals surface area contributed by atoms with Gasteiger partial charge in [0, 0.05) is 29.0 Å². The maximum atomic E-state index is 14.2. The Hall–Kier alpha value is -5.01. The van der Waals surface area contributed by atoms with E-state index in [9.17, 15) is 14.4 Å². The molecule has 3 amide bonds. The van der Waals surface area contributed by atoms with Crippen LogP contribution in [0.25, 0.3) is 15.4 Å². The van der Waals surface area contributed by atoms with Crippen LogP contribution in [0, 0.1) is 33.1 Å². The molecule has 0 radical (unpaired) electrons. The first-order chi connectivity index (χ1) is 27.1. The Bertz CT molecular complexity index is 2330. The van der Waals surface area contributed by atoms with Crippen molar-refractivity contribution in [2.75, 3.05) is 6.54 Å². The number of hydrogen-bond donors (Lipinski definition) is 2. The first-order valence-corrected chi connectivity index (χ1v) is 21.4. The molecule has 1 fully saturated rings. The molecule has 2 aliphatic rings. The normalized spacial score (nSPS) is 17.6. The van der Waals surface area contributed by atoms with Gasteiger partial charge < -0.3 is 15.5 Å². The van der Waals surface area contributed by atoms with Crippen molar-refractivity contribution in [3.63, 3.8) is 0 Å². The smallest absolute Gasteiger partial charge is 0.246 e. The van der Waals surface area contributed by atoms with E-state index >= 15 is 0 Å². The molecule has 11 nitrogen and oxygen atoms in total. The number of thiophene rings is 1. The molecule has 1 saturated heterocycles. The van der Waals surface area contributed by atoms with Crippen molar-refractivity contribution in [3.8, 4) is 15.4 Å². The number of carbonyl (C=O) groups excluding carboxylic acids is 3. The number of thiazole rings is 1. The van der Waals surface area contributed by atoms with Gasteiger partial charge in [0.05, 0.1) is 27.8 Å². The predicted octanol–water partition coefficient (Wildman–Crippen LogP) is 7.93. The zero-order chi connectivity index (χ0) is 40.8. The fourth-order valence-corrected chi connectivity index (χ4v) is 9.84. The number of fused-ring (bicyclic) bond motifs is 3. The van der Waals surface area contributed by atoms with Crippen molar-refractivity contribution in [2.24, 2.45) is 10.4 Å². The van der Waals surface area contributed by atoms with Crippen LogP contribution >= 0.6 is 22.7 Å². The van der Waals surface area contributed by atoms with Gasteiger partial charge in [-0.1, -0.05) is 69.3 Å². The second kappa shape index (κ2) is 16.1. The highest BCUT2D eigenvalue weighted by Gasteiger charge is 2.42. The fraction of sp³-hybridized carbons (Fsp3) is 0.432. The van der Waals surface area contributed by atoms with Crippen molar-refractivity contribution in [2.45, 2.75) is 112 Å². The maximum absolute atomic E-state index is 14.2. The second-order valence-corrected chi connectivity index (χ2v) is 18.5. The molecule has 4 atom stereocenters. The summed E-state index contributed by atoms with van der Waals surface area (Å²) in [5.74, 6) is 1.07. The highest BCUT2D eigenvalue weighted by Crippen LogP contribution is 2.39. The lowest BCUT2D eigenvalue weighted by molar-refractivity contribution is -0.144. The Balaban J connectivity index is 0.983. The molecule has 298 valence electrons. The number of carbonyl (C=O) groups is 3. The third-order valence-corrected chi connectivity index (χ3v) is 13.4. The van der Waals surface area contributed by atoms with Crippen molar-refractivity contribution >= 4 is 46.1 Å². The lowest BCUT2D eigenvalue weighted by atomic mass is 9.85. The molecule has 0 spiro atoms. The Morgan fingerprint density at radius 2 is 1.65 bits per heavy atom. The van der Waals surface area contributed by atoms with Crippen LogP contribution in [0.1, 0.15) is 116 Å². The third kappa shape index (κ3) is 8.09. The number of benzene rings is 2. The summed E-state index contributed by atoms with van der Waals surface area (Å²) in [6, 6.07) is 14.6. The predicted molar refractivity (Wildman–Crippen MR) is 227 cm³/mol. The lowest BCUT2D eigenvalue weighted by Gasteiger charge is -2.35. The molecular weight excluding hydrogens is 753 g/mol. The third-order valence-electron chi connectivity index (χ3n) is 11.3. The van der Waals surface area contributed by atoms with E-state index in [4.69, 9.17) is 4.99 Å². The number of amides is 3. The van der Waals surface area contributed by atoms with E-state index in [1.165, 1.54) is 10.4 Å². The molecule has 2 aliphatic heterocycles. The van der Waals surface area contributed by atoms with Gasteiger partial charge in [0.1, 0.15) is 29.0 Å². The summed E-state index contributed by atoms with van der Waals surface area (Å²) < 4.78 is 2.13. The molecule has 0 bridgehead atoms. The van der Waals surface area contributed by atoms with Crippen LogP contribution in [0.4, 0.5) is 0 Å². The Labute approximate surface area is 343 Å². The summed E-state index contributed by atoms with van der Waals surface area (Å²) in [5.41, 5.74) is 9.61. The number of likely N-dealkylation sites (tertiary alicyclic amines) is 1.